The lowest BCUT2D eigenvalue weighted by Gasteiger charge is -2.11. The zero-order valence-corrected chi connectivity index (χ0v) is 7.62. The molecule has 0 saturated carbocycles. The van der Waals surface area contributed by atoms with Gasteiger partial charge in [0.25, 0.3) is 0 Å². The smallest absolute Gasteiger partial charge is 0.407 e. The highest BCUT2D eigenvalue weighted by molar-refractivity contribution is 6.04. The second-order valence-corrected chi connectivity index (χ2v) is 2.20. The SMILES string of the molecule is COC(=O)N[C@@H](C(C)=O)C(=O)OC. The summed E-state index contributed by atoms with van der Waals surface area (Å²) in [5.74, 6) is -1.34. The Morgan fingerprint density at radius 3 is 2.00 bits per heavy atom. The number of ether oxygens (including phenoxy) is 2. The van der Waals surface area contributed by atoms with Gasteiger partial charge in [-0.05, 0) is 6.92 Å². The molecule has 0 fully saturated rings. The third kappa shape index (κ3) is 3.55. The van der Waals surface area contributed by atoms with E-state index in [0.717, 1.165) is 21.1 Å². The van der Waals surface area contributed by atoms with E-state index in [9.17, 15) is 14.4 Å². The van der Waals surface area contributed by atoms with Gasteiger partial charge in [0.15, 0.2) is 11.8 Å². The van der Waals surface area contributed by atoms with E-state index in [4.69, 9.17) is 0 Å². The van der Waals surface area contributed by atoms with Crippen molar-refractivity contribution < 1.29 is 23.9 Å². The molecule has 0 aromatic carbocycles. The Bertz CT molecular complexity index is 225. The topological polar surface area (TPSA) is 81.7 Å². The Morgan fingerprint density at radius 1 is 1.15 bits per heavy atom. The fraction of sp³-hybridized carbons (Fsp3) is 0.571. The molecule has 0 aliphatic carbocycles. The van der Waals surface area contributed by atoms with Gasteiger partial charge in [0.2, 0.25) is 0 Å². The van der Waals surface area contributed by atoms with Crippen LogP contribution >= 0.6 is 0 Å². The van der Waals surface area contributed by atoms with Gasteiger partial charge in [-0.2, -0.15) is 0 Å². The third-order valence-electron chi connectivity index (χ3n) is 1.29. The summed E-state index contributed by atoms with van der Waals surface area (Å²) >= 11 is 0. The first kappa shape index (κ1) is 11.4. The van der Waals surface area contributed by atoms with Crippen LogP contribution in [0.1, 0.15) is 6.92 Å². The average Bonchev–Trinajstić information content (AvgIpc) is 2.11. The van der Waals surface area contributed by atoms with Crippen molar-refractivity contribution in [2.45, 2.75) is 13.0 Å². The Hall–Kier alpha value is -1.59. The normalized spacial score (nSPS) is 11.3. The van der Waals surface area contributed by atoms with Crippen molar-refractivity contribution in [3.8, 4) is 0 Å². The van der Waals surface area contributed by atoms with Crippen LogP contribution in [0.3, 0.4) is 0 Å². The molecule has 0 aromatic heterocycles. The summed E-state index contributed by atoms with van der Waals surface area (Å²) in [5.41, 5.74) is 0. The number of alkyl carbamates (subject to hydrolysis) is 1. The minimum absolute atomic E-state index is 0.516. The summed E-state index contributed by atoms with van der Waals surface area (Å²) in [5, 5.41) is 2.03. The van der Waals surface area contributed by atoms with E-state index < -0.39 is 23.9 Å². The zero-order chi connectivity index (χ0) is 10.4. The van der Waals surface area contributed by atoms with Crippen LogP contribution in [0.25, 0.3) is 0 Å². The summed E-state index contributed by atoms with van der Waals surface area (Å²) in [4.78, 5) is 32.4. The molecule has 6 nitrogen and oxygen atoms in total. The number of Topliss-reactive ketones (excluding diaryl/α,β-unsaturated/α-hetero) is 1. The average molecular weight is 189 g/mol. The number of nitrogens with one attached hydrogen (secondary N) is 1. The van der Waals surface area contributed by atoms with Crippen LogP contribution in [-0.2, 0) is 19.1 Å². The van der Waals surface area contributed by atoms with Crippen molar-refractivity contribution in [2.75, 3.05) is 14.2 Å². The monoisotopic (exact) mass is 189 g/mol. The Morgan fingerprint density at radius 2 is 1.69 bits per heavy atom. The highest BCUT2D eigenvalue weighted by Gasteiger charge is 2.26. The van der Waals surface area contributed by atoms with Gasteiger partial charge in [-0.1, -0.05) is 0 Å². The maximum atomic E-state index is 10.9. The molecule has 1 N–H and O–H groups in total. The maximum Gasteiger partial charge on any atom is 0.407 e. The van der Waals surface area contributed by atoms with E-state index >= 15 is 0 Å². The first-order chi connectivity index (χ1) is 6.02. The third-order valence-corrected chi connectivity index (χ3v) is 1.29. The molecule has 0 bridgehead atoms. The first-order valence-corrected chi connectivity index (χ1v) is 3.45. The number of hydrogen-bond acceptors (Lipinski definition) is 5. The molecule has 1 amide bonds. The molecule has 0 unspecified atom stereocenters. The molecule has 0 radical (unpaired) electrons. The lowest BCUT2D eigenvalue weighted by atomic mass is 10.2. The number of amides is 1. The summed E-state index contributed by atoms with van der Waals surface area (Å²) in [7, 11) is 2.25. The molecule has 1 atom stereocenters. The lowest BCUT2D eigenvalue weighted by Crippen LogP contribution is -2.46. The van der Waals surface area contributed by atoms with Crippen molar-refractivity contribution in [3.63, 3.8) is 0 Å². The Kier molecular flexibility index (Phi) is 4.50. The molecular formula is C7H11NO5. The summed E-state index contributed by atoms with van der Waals surface area (Å²) in [6.45, 7) is 1.16. The number of carbonyl (C=O) groups is 3. The summed E-state index contributed by atoms with van der Waals surface area (Å²) in [6, 6.07) is -1.29. The molecule has 74 valence electrons. The Labute approximate surface area is 75.2 Å². The number of methoxy groups -OCH3 is 2. The second kappa shape index (κ2) is 5.13. The largest absolute Gasteiger partial charge is 0.467 e. The van der Waals surface area contributed by atoms with E-state index in [0.29, 0.717) is 0 Å². The van der Waals surface area contributed by atoms with Crippen molar-refractivity contribution in [3.05, 3.63) is 0 Å². The molecule has 13 heavy (non-hydrogen) atoms. The molecule has 0 saturated heterocycles. The quantitative estimate of drug-likeness (QED) is 0.477. The van der Waals surface area contributed by atoms with Crippen LogP contribution in [0.4, 0.5) is 4.79 Å². The molecule has 0 aromatic rings. The minimum Gasteiger partial charge on any atom is -0.467 e. The van der Waals surface area contributed by atoms with Gasteiger partial charge in [-0.3, -0.25) is 4.79 Å². The van der Waals surface area contributed by atoms with Crippen LogP contribution in [0, 0.1) is 0 Å². The maximum absolute atomic E-state index is 10.9. The Balaban J connectivity index is 4.35. The lowest BCUT2D eigenvalue weighted by molar-refractivity contribution is -0.145. The number of carbonyl (C=O) groups excluding carboxylic acids is 3. The van der Waals surface area contributed by atoms with E-state index in [1.807, 2.05) is 5.32 Å². The summed E-state index contributed by atoms with van der Waals surface area (Å²) < 4.78 is 8.50. The van der Waals surface area contributed by atoms with Crippen molar-refractivity contribution in [1.29, 1.82) is 0 Å². The van der Waals surface area contributed by atoms with Crippen molar-refractivity contribution >= 4 is 17.8 Å². The standard InChI is InChI=1S/C7H11NO5/c1-4(9)5(6(10)12-2)8-7(11)13-3/h5H,1-3H3,(H,8,11)/t5-/m0/s1. The second-order valence-electron chi connectivity index (χ2n) is 2.20. The number of ketones is 1. The molecule has 0 aliphatic heterocycles. The van der Waals surface area contributed by atoms with Gasteiger partial charge in [-0.25, -0.2) is 9.59 Å². The van der Waals surface area contributed by atoms with Gasteiger partial charge in [0.05, 0.1) is 14.2 Å². The summed E-state index contributed by atoms with van der Waals surface area (Å²) in [6.07, 6.45) is -0.856. The predicted octanol–water partition coefficient (Wildman–Crippen LogP) is -0.527. The van der Waals surface area contributed by atoms with E-state index in [2.05, 4.69) is 9.47 Å². The van der Waals surface area contributed by atoms with Crippen molar-refractivity contribution in [2.24, 2.45) is 0 Å². The van der Waals surface area contributed by atoms with Crippen LogP contribution in [0.5, 0.6) is 0 Å². The molecule has 6 heteroatoms. The van der Waals surface area contributed by atoms with Crippen LogP contribution in [0.2, 0.25) is 0 Å². The van der Waals surface area contributed by atoms with E-state index in [-0.39, 0.29) is 0 Å². The van der Waals surface area contributed by atoms with Crippen molar-refractivity contribution in [1.82, 2.24) is 5.32 Å². The fourth-order valence-electron chi connectivity index (χ4n) is 0.621. The number of rotatable bonds is 3. The van der Waals surface area contributed by atoms with E-state index in [1.165, 1.54) is 0 Å². The molecule has 0 heterocycles. The molecule has 0 aliphatic rings. The van der Waals surface area contributed by atoms with Gasteiger partial charge in [0.1, 0.15) is 0 Å². The van der Waals surface area contributed by atoms with Gasteiger partial charge in [0, 0.05) is 0 Å². The first-order valence-electron chi connectivity index (χ1n) is 3.45. The van der Waals surface area contributed by atoms with Gasteiger partial charge in [-0.15, -0.1) is 0 Å². The van der Waals surface area contributed by atoms with Crippen LogP contribution in [-0.4, -0.2) is 38.1 Å². The van der Waals surface area contributed by atoms with E-state index in [1.54, 1.807) is 0 Å². The number of hydrogen-bond donors (Lipinski definition) is 1. The van der Waals surface area contributed by atoms with Crippen LogP contribution in [0.15, 0.2) is 0 Å². The number of esters is 1. The van der Waals surface area contributed by atoms with Gasteiger partial charge >= 0.3 is 12.1 Å². The predicted molar refractivity (Wildman–Crippen MR) is 42.0 cm³/mol. The van der Waals surface area contributed by atoms with Crippen LogP contribution < -0.4 is 5.32 Å². The molecular weight excluding hydrogens is 178 g/mol. The van der Waals surface area contributed by atoms with Gasteiger partial charge < -0.3 is 14.8 Å². The minimum atomic E-state index is -1.29. The zero-order valence-electron chi connectivity index (χ0n) is 7.62. The highest BCUT2D eigenvalue weighted by atomic mass is 16.5. The highest BCUT2D eigenvalue weighted by Crippen LogP contribution is 1.90. The fourth-order valence-corrected chi connectivity index (χ4v) is 0.621. The molecule has 0 spiro atoms. The molecule has 0 rings (SSSR count).